The highest BCUT2D eigenvalue weighted by Gasteiger charge is 2.46. The molecule has 0 N–H and O–H groups in total. The van der Waals surface area contributed by atoms with Gasteiger partial charge < -0.3 is 14.4 Å². The lowest BCUT2D eigenvalue weighted by Gasteiger charge is -2.46. The molecule has 5 heteroatoms. The molecule has 3 nitrogen and oxygen atoms in total. The molecule has 11 aromatic rings. The molecule has 0 amide bonds. The van der Waals surface area contributed by atoms with Gasteiger partial charge in [0.05, 0.1) is 28.1 Å². The highest BCUT2D eigenvalue weighted by atomic mass is 32.1. The zero-order valence-electron chi connectivity index (χ0n) is 47.8. The summed E-state index contributed by atoms with van der Waals surface area (Å²) in [7, 11) is 0. The van der Waals surface area contributed by atoms with Crippen LogP contribution < -0.4 is 26.2 Å². The first-order valence-electron chi connectivity index (χ1n) is 27.8. The van der Waals surface area contributed by atoms with Crippen LogP contribution >= 0.6 is 11.3 Å². The molecule has 0 radical (unpaired) electrons. The second-order valence-corrected chi connectivity index (χ2v) is 26.8. The zero-order chi connectivity index (χ0) is 53.9. The van der Waals surface area contributed by atoms with Gasteiger partial charge in [-0.3, -0.25) is 0 Å². The first kappa shape index (κ1) is 49.3. The third-order valence-electron chi connectivity index (χ3n) is 17.3. The minimum Gasteiger partial charge on any atom is -0.311 e. The summed E-state index contributed by atoms with van der Waals surface area (Å²) in [6.45, 7) is 35.1. The Kier molecular flexibility index (Phi) is 10.9. The van der Waals surface area contributed by atoms with Crippen LogP contribution in [0.2, 0.25) is 0 Å². The number of hydrogen-bond acceptors (Lipinski definition) is 3. The topological polar surface area (TPSA) is 11.4 Å². The van der Waals surface area contributed by atoms with Crippen LogP contribution in [0.4, 0.5) is 34.1 Å². The normalized spacial score (nSPS) is 13.6. The van der Waals surface area contributed by atoms with Gasteiger partial charge in [-0.05, 0) is 190 Å². The van der Waals surface area contributed by atoms with Crippen molar-refractivity contribution in [1.82, 2.24) is 4.57 Å². The Morgan fingerprint density at radius 1 is 0.377 bits per heavy atom. The Morgan fingerprint density at radius 2 is 0.883 bits per heavy atom. The minimum absolute atomic E-state index is 0.0237. The zero-order valence-corrected chi connectivity index (χ0v) is 48.6. The van der Waals surface area contributed by atoms with E-state index < -0.39 is 0 Å². The predicted molar refractivity (Wildman–Crippen MR) is 338 cm³/mol. The van der Waals surface area contributed by atoms with Crippen LogP contribution in [0.25, 0.3) is 58.8 Å². The van der Waals surface area contributed by atoms with Gasteiger partial charge in [0, 0.05) is 53.7 Å². The molecule has 13 rings (SSSR count). The lowest BCUT2D eigenvalue weighted by Crippen LogP contribution is -2.61. The van der Waals surface area contributed by atoms with Crippen LogP contribution in [0.1, 0.15) is 112 Å². The molecule has 9 aromatic carbocycles. The van der Waals surface area contributed by atoms with Crippen molar-refractivity contribution < 1.29 is 0 Å². The third-order valence-corrected chi connectivity index (χ3v) is 18.5. The van der Waals surface area contributed by atoms with Gasteiger partial charge in [-0.2, -0.15) is 0 Å². The van der Waals surface area contributed by atoms with Crippen molar-refractivity contribution in [2.24, 2.45) is 0 Å². The number of fused-ring (bicyclic) bond motifs is 10. The van der Waals surface area contributed by atoms with Crippen LogP contribution in [0, 0.1) is 41.5 Å². The highest BCUT2D eigenvalue weighted by Crippen LogP contribution is 2.51. The Balaban J connectivity index is 1.16. The number of aryl methyl sites for hydroxylation is 6. The van der Waals surface area contributed by atoms with E-state index in [-0.39, 0.29) is 23.0 Å². The van der Waals surface area contributed by atoms with E-state index in [2.05, 4.69) is 270 Å². The van der Waals surface area contributed by atoms with Crippen LogP contribution in [0.5, 0.6) is 0 Å². The maximum atomic E-state index is 2.69. The van der Waals surface area contributed by atoms with E-state index in [0.717, 1.165) is 0 Å². The molecular weight excluding hydrogens is 950 g/mol. The Bertz CT molecular complexity index is 4250. The van der Waals surface area contributed by atoms with Gasteiger partial charge in [-0.25, -0.2) is 0 Å². The molecule has 4 heterocycles. The summed E-state index contributed by atoms with van der Waals surface area (Å²) in [5.41, 5.74) is 29.1. The second-order valence-electron chi connectivity index (χ2n) is 25.8. The van der Waals surface area contributed by atoms with Crippen molar-refractivity contribution in [2.45, 2.75) is 120 Å². The van der Waals surface area contributed by atoms with Crippen molar-refractivity contribution in [1.29, 1.82) is 0 Å². The summed E-state index contributed by atoms with van der Waals surface area (Å²) in [6.07, 6.45) is 0. The number of aromatic nitrogens is 1. The van der Waals surface area contributed by atoms with Gasteiger partial charge in [0.2, 0.25) is 0 Å². The summed E-state index contributed by atoms with van der Waals surface area (Å²) in [5, 5.41) is 5.24. The summed E-state index contributed by atoms with van der Waals surface area (Å²) in [6, 6.07) is 59.3. The standard InChI is InChI=1S/C72H70BN3S/c1-41-21-18-22-42(2)66(41)74-58-32-30-48(70(7,8)9)35-54(58)55-39-57-61(40-59(55)74)76(67-43(3)23-19-24-44(67)4)63-38-50(72(13,14)15)37-62-65(63)73(57)56-31-29-49(71(10,11)12)36-60(56)75(62)68-45(5)33-47(34-46(68)6)51-26-20-27-53-52-25-16-17-28-64(52)77-69(51)53/h16-40H,1-15H3. The Labute approximate surface area is 460 Å². The van der Waals surface area contributed by atoms with Crippen LogP contribution in [0.3, 0.4) is 0 Å². The first-order valence-corrected chi connectivity index (χ1v) is 28.6. The number of hydrogen-bond donors (Lipinski definition) is 0. The molecule has 0 saturated carbocycles. The number of thiophene rings is 1. The molecule has 0 fully saturated rings. The number of anilines is 6. The van der Waals surface area contributed by atoms with E-state index in [1.165, 1.54) is 159 Å². The van der Waals surface area contributed by atoms with E-state index >= 15 is 0 Å². The molecule has 2 aliphatic heterocycles. The quantitative estimate of drug-likeness (QED) is 0.163. The third kappa shape index (κ3) is 7.50. The SMILES string of the molecule is Cc1cc(-c2cccc3c2sc2ccccc23)cc(C)c1N1c2cc(C(C)(C)C)ccc2B2c3cc4c5cc(C(C)(C)C)ccc5n(-c5c(C)cccc5C)c4cc3N(c3c(C)cccc3C)c3cc(C(C)(C)C)cc1c32. The van der Waals surface area contributed by atoms with Crippen molar-refractivity contribution >= 4 is 111 Å². The monoisotopic (exact) mass is 1020 g/mol. The number of rotatable bonds is 4. The molecule has 77 heavy (non-hydrogen) atoms. The molecule has 2 aliphatic rings. The molecule has 0 saturated heterocycles. The van der Waals surface area contributed by atoms with Gasteiger partial charge in [-0.1, -0.05) is 159 Å². The maximum Gasteiger partial charge on any atom is 0.252 e. The fourth-order valence-electron chi connectivity index (χ4n) is 13.3. The molecule has 0 atom stereocenters. The summed E-state index contributed by atoms with van der Waals surface area (Å²) >= 11 is 1.91. The fourth-order valence-corrected chi connectivity index (χ4v) is 14.6. The highest BCUT2D eigenvalue weighted by molar-refractivity contribution is 7.26. The second kappa shape index (κ2) is 17.1. The van der Waals surface area contributed by atoms with E-state index in [9.17, 15) is 0 Å². The predicted octanol–water partition coefficient (Wildman–Crippen LogP) is 18.6. The number of benzene rings is 9. The van der Waals surface area contributed by atoms with Crippen molar-refractivity contribution in [2.75, 3.05) is 9.80 Å². The van der Waals surface area contributed by atoms with Gasteiger partial charge in [-0.15, -0.1) is 11.3 Å². The first-order chi connectivity index (χ1) is 36.6. The summed E-state index contributed by atoms with van der Waals surface area (Å²) in [4.78, 5) is 5.37. The minimum atomic E-state index is -0.159. The van der Waals surface area contributed by atoms with Gasteiger partial charge in [0.1, 0.15) is 0 Å². The van der Waals surface area contributed by atoms with Gasteiger partial charge in [0.25, 0.3) is 6.71 Å². The lowest BCUT2D eigenvalue weighted by atomic mass is 9.33. The van der Waals surface area contributed by atoms with Gasteiger partial charge >= 0.3 is 0 Å². The van der Waals surface area contributed by atoms with Crippen LogP contribution in [-0.4, -0.2) is 11.3 Å². The molecule has 2 aromatic heterocycles. The van der Waals surface area contributed by atoms with Crippen LogP contribution in [-0.2, 0) is 16.2 Å². The molecule has 382 valence electrons. The average Bonchev–Trinajstić information content (AvgIpc) is 4.13. The summed E-state index contributed by atoms with van der Waals surface area (Å²) in [5.74, 6) is 0. The molecule has 0 spiro atoms. The largest absolute Gasteiger partial charge is 0.311 e. The molecule has 0 bridgehead atoms. The smallest absolute Gasteiger partial charge is 0.252 e. The van der Waals surface area contributed by atoms with E-state index in [1.807, 2.05) is 11.3 Å². The van der Waals surface area contributed by atoms with Crippen molar-refractivity contribution in [3.8, 4) is 16.8 Å². The average molecular weight is 1020 g/mol. The summed E-state index contributed by atoms with van der Waals surface area (Å²) < 4.78 is 5.26. The van der Waals surface area contributed by atoms with Crippen molar-refractivity contribution in [3.05, 3.63) is 202 Å². The number of para-hydroxylation sites is 2. The fraction of sp³-hybridized carbons (Fsp3) is 0.250. The molecular formula is C72H70BN3S. The van der Waals surface area contributed by atoms with Crippen molar-refractivity contribution in [3.63, 3.8) is 0 Å². The number of nitrogens with zero attached hydrogens (tertiary/aromatic N) is 3. The van der Waals surface area contributed by atoms with Gasteiger partial charge in [0.15, 0.2) is 0 Å². The lowest BCUT2D eigenvalue weighted by molar-refractivity contribution is 0.590. The maximum absolute atomic E-state index is 2.69. The van der Waals surface area contributed by atoms with E-state index in [4.69, 9.17) is 0 Å². The Hall–Kier alpha value is -7.34. The van der Waals surface area contributed by atoms with E-state index in [0.29, 0.717) is 0 Å². The van der Waals surface area contributed by atoms with Crippen LogP contribution in [0.15, 0.2) is 152 Å². The molecule has 0 unspecified atom stereocenters. The van der Waals surface area contributed by atoms with E-state index in [1.54, 1.807) is 0 Å². The Morgan fingerprint density at radius 3 is 1.51 bits per heavy atom. The molecule has 0 aliphatic carbocycles.